The van der Waals surface area contributed by atoms with E-state index in [0.29, 0.717) is 12.3 Å². The Balaban J connectivity index is 1.52. The third kappa shape index (κ3) is 5.07. The van der Waals surface area contributed by atoms with E-state index in [1.54, 1.807) is 20.4 Å². The van der Waals surface area contributed by atoms with Crippen molar-refractivity contribution in [1.82, 2.24) is 14.9 Å². The fraction of sp³-hybridized carbons (Fsp3) is 0.238. The predicted octanol–water partition coefficient (Wildman–Crippen LogP) is 3.34. The zero-order chi connectivity index (χ0) is 19.8. The average Bonchev–Trinajstić information content (AvgIpc) is 3.21. The van der Waals surface area contributed by atoms with E-state index in [0.717, 1.165) is 34.3 Å². The molecule has 28 heavy (non-hydrogen) atoms. The van der Waals surface area contributed by atoms with Gasteiger partial charge in [0, 0.05) is 25.0 Å². The summed E-state index contributed by atoms with van der Waals surface area (Å²) in [5.41, 5.74) is 2.02. The number of carbonyl (C=O) groups excluding carboxylic acids is 1. The summed E-state index contributed by atoms with van der Waals surface area (Å²) in [6, 6.07) is 15.5. The number of aromatic nitrogens is 2. The number of imidazole rings is 1. The molecule has 0 unspecified atom stereocenters. The Morgan fingerprint density at radius 2 is 2.00 bits per heavy atom. The SMILES string of the molecule is COc1cccc(-n2ccnc2SCC(=O)NCCc2ccccc2OC)c1. The minimum Gasteiger partial charge on any atom is -0.497 e. The van der Waals surface area contributed by atoms with Gasteiger partial charge in [0.2, 0.25) is 5.91 Å². The summed E-state index contributed by atoms with van der Waals surface area (Å²) in [6.45, 7) is 0.560. The van der Waals surface area contributed by atoms with Crippen LogP contribution in [0.5, 0.6) is 11.5 Å². The number of benzene rings is 2. The first-order valence-electron chi connectivity index (χ1n) is 8.90. The largest absolute Gasteiger partial charge is 0.497 e. The second-order valence-electron chi connectivity index (χ2n) is 5.98. The lowest BCUT2D eigenvalue weighted by atomic mass is 10.1. The van der Waals surface area contributed by atoms with Gasteiger partial charge in [-0.3, -0.25) is 9.36 Å². The number of hydrogen-bond acceptors (Lipinski definition) is 5. The molecule has 146 valence electrons. The molecule has 6 nitrogen and oxygen atoms in total. The summed E-state index contributed by atoms with van der Waals surface area (Å²) >= 11 is 1.40. The molecular formula is C21H23N3O3S. The Morgan fingerprint density at radius 1 is 1.14 bits per heavy atom. The Hall–Kier alpha value is -2.93. The van der Waals surface area contributed by atoms with E-state index < -0.39 is 0 Å². The van der Waals surface area contributed by atoms with E-state index in [9.17, 15) is 4.79 Å². The topological polar surface area (TPSA) is 65.4 Å². The molecule has 1 amide bonds. The molecule has 0 aliphatic rings. The van der Waals surface area contributed by atoms with Crippen LogP contribution in [0.1, 0.15) is 5.56 Å². The molecule has 0 spiro atoms. The third-order valence-corrected chi connectivity index (χ3v) is 5.15. The van der Waals surface area contributed by atoms with Gasteiger partial charge < -0.3 is 14.8 Å². The van der Waals surface area contributed by atoms with Crippen molar-refractivity contribution in [2.45, 2.75) is 11.6 Å². The van der Waals surface area contributed by atoms with Crippen LogP contribution < -0.4 is 14.8 Å². The molecule has 2 aromatic carbocycles. The van der Waals surface area contributed by atoms with Gasteiger partial charge in [-0.15, -0.1) is 0 Å². The molecule has 0 radical (unpaired) electrons. The smallest absolute Gasteiger partial charge is 0.230 e. The normalized spacial score (nSPS) is 10.5. The molecule has 0 aliphatic heterocycles. The Kier molecular flexibility index (Phi) is 6.97. The van der Waals surface area contributed by atoms with Gasteiger partial charge in [0.25, 0.3) is 0 Å². The summed E-state index contributed by atoms with van der Waals surface area (Å²) in [4.78, 5) is 16.6. The third-order valence-electron chi connectivity index (χ3n) is 4.18. The molecule has 1 heterocycles. The Morgan fingerprint density at radius 3 is 2.82 bits per heavy atom. The molecule has 0 saturated heterocycles. The van der Waals surface area contributed by atoms with Crippen molar-refractivity contribution >= 4 is 17.7 Å². The highest BCUT2D eigenvalue weighted by molar-refractivity contribution is 7.99. The van der Waals surface area contributed by atoms with Crippen LogP contribution in [0.15, 0.2) is 66.1 Å². The van der Waals surface area contributed by atoms with E-state index in [2.05, 4.69) is 10.3 Å². The van der Waals surface area contributed by atoms with Gasteiger partial charge in [0.15, 0.2) is 5.16 Å². The van der Waals surface area contributed by atoms with Crippen molar-refractivity contribution in [2.24, 2.45) is 0 Å². The van der Waals surface area contributed by atoms with Crippen LogP contribution in [0.2, 0.25) is 0 Å². The number of hydrogen-bond donors (Lipinski definition) is 1. The van der Waals surface area contributed by atoms with Crippen molar-refractivity contribution in [3.63, 3.8) is 0 Å². The van der Waals surface area contributed by atoms with Crippen molar-refractivity contribution in [3.05, 3.63) is 66.5 Å². The summed E-state index contributed by atoms with van der Waals surface area (Å²) in [5.74, 6) is 1.88. The van der Waals surface area contributed by atoms with Crippen LogP contribution in [0.4, 0.5) is 0 Å². The van der Waals surface area contributed by atoms with E-state index in [-0.39, 0.29) is 5.91 Å². The Labute approximate surface area is 168 Å². The first-order valence-corrected chi connectivity index (χ1v) is 9.89. The number of nitrogens with one attached hydrogen (secondary N) is 1. The van der Waals surface area contributed by atoms with Crippen molar-refractivity contribution in [3.8, 4) is 17.2 Å². The quantitative estimate of drug-likeness (QED) is 0.561. The molecule has 1 aromatic heterocycles. The predicted molar refractivity (Wildman–Crippen MR) is 111 cm³/mol. The van der Waals surface area contributed by atoms with Crippen LogP contribution in [0, 0.1) is 0 Å². The highest BCUT2D eigenvalue weighted by Gasteiger charge is 2.10. The lowest BCUT2D eigenvalue weighted by Gasteiger charge is -2.10. The second-order valence-corrected chi connectivity index (χ2v) is 6.92. The number of amides is 1. The van der Waals surface area contributed by atoms with Crippen LogP contribution in [0.25, 0.3) is 5.69 Å². The molecule has 3 rings (SSSR count). The lowest BCUT2D eigenvalue weighted by Crippen LogP contribution is -2.27. The van der Waals surface area contributed by atoms with Crippen LogP contribution in [0.3, 0.4) is 0 Å². The summed E-state index contributed by atoms with van der Waals surface area (Å²) < 4.78 is 12.5. The summed E-state index contributed by atoms with van der Waals surface area (Å²) in [6.07, 6.45) is 4.32. The molecule has 7 heteroatoms. The van der Waals surface area contributed by atoms with Gasteiger partial charge in [0.1, 0.15) is 11.5 Å². The molecule has 0 atom stereocenters. The number of carbonyl (C=O) groups is 1. The minimum absolute atomic E-state index is 0.0277. The van der Waals surface area contributed by atoms with Gasteiger partial charge >= 0.3 is 0 Å². The molecular weight excluding hydrogens is 374 g/mol. The standard InChI is InChI=1S/C21H23N3O3S/c1-26-18-8-5-7-17(14-18)24-13-12-23-21(24)28-15-20(25)22-11-10-16-6-3-4-9-19(16)27-2/h3-9,12-14H,10-11,15H2,1-2H3,(H,22,25). The van der Waals surface area contributed by atoms with Crippen LogP contribution in [-0.2, 0) is 11.2 Å². The number of rotatable bonds is 9. The van der Waals surface area contributed by atoms with E-state index in [1.807, 2.05) is 59.3 Å². The van der Waals surface area contributed by atoms with E-state index in [4.69, 9.17) is 9.47 Å². The molecule has 1 N–H and O–H groups in total. The maximum Gasteiger partial charge on any atom is 0.230 e. The molecule has 0 bridgehead atoms. The van der Waals surface area contributed by atoms with Gasteiger partial charge in [-0.2, -0.15) is 0 Å². The maximum atomic E-state index is 12.2. The first-order chi connectivity index (χ1) is 13.7. The van der Waals surface area contributed by atoms with Crippen molar-refractivity contribution in [1.29, 1.82) is 0 Å². The van der Waals surface area contributed by atoms with E-state index in [1.165, 1.54) is 11.8 Å². The monoisotopic (exact) mass is 397 g/mol. The number of methoxy groups -OCH3 is 2. The average molecular weight is 398 g/mol. The van der Waals surface area contributed by atoms with Gasteiger partial charge in [0.05, 0.1) is 25.7 Å². The fourth-order valence-electron chi connectivity index (χ4n) is 2.78. The van der Waals surface area contributed by atoms with Gasteiger partial charge in [-0.1, -0.05) is 36.0 Å². The molecule has 0 fully saturated rings. The highest BCUT2D eigenvalue weighted by atomic mass is 32.2. The molecule has 3 aromatic rings. The van der Waals surface area contributed by atoms with Crippen molar-refractivity contribution < 1.29 is 14.3 Å². The van der Waals surface area contributed by atoms with E-state index >= 15 is 0 Å². The summed E-state index contributed by atoms with van der Waals surface area (Å²) in [5, 5.41) is 3.71. The zero-order valence-electron chi connectivity index (χ0n) is 15.9. The molecule has 0 saturated carbocycles. The van der Waals surface area contributed by atoms with Gasteiger partial charge in [-0.05, 0) is 30.2 Å². The minimum atomic E-state index is -0.0277. The molecule has 0 aliphatic carbocycles. The Bertz CT molecular complexity index is 927. The first kappa shape index (κ1) is 19.8. The van der Waals surface area contributed by atoms with Crippen LogP contribution in [-0.4, -0.2) is 42.0 Å². The van der Waals surface area contributed by atoms with Gasteiger partial charge in [-0.25, -0.2) is 4.98 Å². The number of ether oxygens (including phenoxy) is 2. The zero-order valence-corrected chi connectivity index (χ0v) is 16.7. The van der Waals surface area contributed by atoms with Crippen molar-refractivity contribution in [2.75, 3.05) is 26.5 Å². The second kappa shape index (κ2) is 9.85. The fourth-order valence-corrected chi connectivity index (χ4v) is 3.58. The summed E-state index contributed by atoms with van der Waals surface area (Å²) in [7, 11) is 3.29. The highest BCUT2D eigenvalue weighted by Crippen LogP contribution is 2.23. The number of para-hydroxylation sites is 1. The number of thioether (sulfide) groups is 1. The van der Waals surface area contributed by atoms with Crippen LogP contribution >= 0.6 is 11.8 Å². The lowest BCUT2D eigenvalue weighted by molar-refractivity contribution is -0.118. The number of nitrogens with zero attached hydrogens (tertiary/aromatic N) is 2. The maximum absolute atomic E-state index is 12.2.